The van der Waals surface area contributed by atoms with E-state index in [2.05, 4.69) is 5.10 Å². The number of primary sulfonamides is 1. The van der Waals surface area contributed by atoms with Gasteiger partial charge in [0.2, 0.25) is 10.0 Å². The molecule has 1 heterocycles. The van der Waals surface area contributed by atoms with Crippen molar-refractivity contribution in [2.24, 2.45) is 5.14 Å². The predicted octanol–water partition coefficient (Wildman–Crippen LogP) is 1.12. The Kier molecular flexibility index (Phi) is 3.22. The van der Waals surface area contributed by atoms with Crippen LogP contribution in [0.2, 0.25) is 0 Å². The van der Waals surface area contributed by atoms with E-state index >= 15 is 0 Å². The van der Waals surface area contributed by atoms with E-state index in [0.29, 0.717) is 6.20 Å². The SMILES string of the molecule is Nc1cc(S(N)(=O)=O)ccc1-n1cc(C(F)(F)F)cn1. The van der Waals surface area contributed by atoms with Crippen LogP contribution in [0.5, 0.6) is 0 Å². The monoisotopic (exact) mass is 306 g/mol. The first-order valence-electron chi connectivity index (χ1n) is 5.13. The molecular formula is C10H9F3N4O2S. The van der Waals surface area contributed by atoms with Gasteiger partial charge in [0.15, 0.2) is 0 Å². The minimum Gasteiger partial charge on any atom is -0.397 e. The van der Waals surface area contributed by atoms with Crippen LogP contribution < -0.4 is 10.9 Å². The van der Waals surface area contributed by atoms with Crippen LogP contribution >= 0.6 is 0 Å². The van der Waals surface area contributed by atoms with Gasteiger partial charge >= 0.3 is 6.18 Å². The molecular weight excluding hydrogens is 297 g/mol. The standard InChI is InChI=1S/C10H9F3N4O2S/c11-10(12,13)6-4-16-17(5-6)9-2-1-7(3-8(9)14)20(15,18)19/h1-5H,14H2,(H2,15,18,19). The molecule has 0 saturated carbocycles. The molecule has 2 aromatic rings. The number of alkyl halides is 3. The van der Waals surface area contributed by atoms with E-state index < -0.39 is 21.8 Å². The van der Waals surface area contributed by atoms with Crippen molar-refractivity contribution in [2.45, 2.75) is 11.1 Å². The molecule has 0 aliphatic heterocycles. The van der Waals surface area contributed by atoms with Gasteiger partial charge in [-0.3, -0.25) is 0 Å². The predicted molar refractivity (Wildman–Crippen MR) is 64.4 cm³/mol. The molecule has 0 spiro atoms. The number of hydrogen-bond donors (Lipinski definition) is 2. The highest BCUT2D eigenvalue weighted by Gasteiger charge is 2.32. The zero-order chi connectivity index (χ0) is 15.1. The smallest absolute Gasteiger partial charge is 0.397 e. The van der Waals surface area contributed by atoms with E-state index in [1.165, 1.54) is 6.07 Å². The summed E-state index contributed by atoms with van der Waals surface area (Å²) in [7, 11) is -3.93. The minimum atomic E-state index is -4.52. The highest BCUT2D eigenvalue weighted by atomic mass is 32.2. The molecule has 0 saturated heterocycles. The van der Waals surface area contributed by atoms with Gasteiger partial charge in [-0.1, -0.05) is 0 Å². The summed E-state index contributed by atoms with van der Waals surface area (Å²) in [4.78, 5) is -0.234. The zero-order valence-electron chi connectivity index (χ0n) is 9.79. The molecule has 108 valence electrons. The molecule has 0 unspecified atom stereocenters. The quantitative estimate of drug-likeness (QED) is 0.811. The highest BCUT2D eigenvalue weighted by Crippen LogP contribution is 2.30. The first kappa shape index (κ1) is 14.3. The van der Waals surface area contributed by atoms with Crippen LogP contribution in [0.1, 0.15) is 5.56 Å². The number of halogens is 3. The van der Waals surface area contributed by atoms with E-state index in [0.717, 1.165) is 23.0 Å². The third-order valence-electron chi connectivity index (χ3n) is 2.48. The molecule has 10 heteroatoms. The van der Waals surface area contributed by atoms with Gasteiger partial charge < -0.3 is 5.73 Å². The lowest BCUT2D eigenvalue weighted by atomic mass is 10.2. The third kappa shape index (κ3) is 2.75. The number of benzene rings is 1. The fourth-order valence-corrected chi connectivity index (χ4v) is 2.07. The lowest BCUT2D eigenvalue weighted by Gasteiger charge is -2.07. The molecule has 0 amide bonds. The van der Waals surface area contributed by atoms with Gasteiger partial charge in [0.1, 0.15) is 0 Å². The Morgan fingerprint density at radius 3 is 2.35 bits per heavy atom. The highest BCUT2D eigenvalue weighted by molar-refractivity contribution is 7.89. The molecule has 1 aromatic heterocycles. The molecule has 6 nitrogen and oxygen atoms in total. The molecule has 0 radical (unpaired) electrons. The maximum atomic E-state index is 12.5. The number of nitrogens with two attached hydrogens (primary N) is 2. The number of rotatable bonds is 2. The van der Waals surface area contributed by atoms with Gasteiger partial charge in [-0.2, -0.15) is 18.3 Å². The van der Waals surface area contributed by atoms with E-state index in [1.54, 1.807) is 0 Å². The van der Waals surface area contributed by atoms with E-state index in [4.69, 9.17) is 10.9 Å². The summed E-state index contributed by atoms with van der Waals surface area (Å²) in [5.41, 5.74) is 4.73. The normalized spacial score (nSPS) is 12.6. The van der Waals surface area contributed by atoms with E-state index in [-0.39, 0.29) is 16.3 Å². The average molecular weight is 306 g/mol. The molecule has 0 aliphatic rings. The van der Waals surface area contributed by atoms with Crippen molar-refractivity contribution in [3.8, 4) is 5.69 Å². The van der Waals surface area contributed by atoms with Gasteiger partial charge in [0.05, 0.1) is 28.0 Å². The molecule has 1 aromatic carbocycles. The average Bonchev–Trinajstić information content (AvgIpc) is 2.76. The van der Waals surface area contributed by atoms with Crippen LogP contribution in [0, 0.1) is 0 Å². The van der Waals surface area contributed by atoms with Crippen LogP contribution in [-0.2, 0) is 16.2 Å². The fourth-order valence-electron chi connectivity index (χ4n) is 1.52. The summed E-state index contributed by atoms with van der Waals surface area (Å²) >= 11 is 0. The second-order valence-corrected chi connectivity index (χ2v) is 5.50. The third-order valence-corrected chi connectivity index (χ3v) is 3.40. The maximum absolute atomic E-state index is 12.5. The number of anilines is 1. The Labute approximate surface area is 111 Å². The second-order valence-electron chi connectivity index (χ2n) is 3.94. The number of sulfonamides is 1. The maximum Gasteiger partial charge on any atom is 0.419 e. The molecule has 0 bridgehead atoms. The van der Waals surface area contributed by atoms with Crippen LogP contribution in [0.3, 0.4) is 0 Å². The van der Waals surface area contributed by atoms with Crippen molar-refractivity contribution < 1.29 is 21.6 Å². The summed E-state index contributed by atoms with van der Waals surface area (Å²) in [6.07, 6.45) is -3.12. The van der Waals surface area contributed by atoms with Crippen LogP contribution in [-0.4, -0.2) is 18.2 Å². The van der Waals surface area contributed by atoms with E-state index in [1.807, 2.05) is 0 Å². The zero-order valence-corrected chi connectivity index (χ0v) is 10.6. The second kappa shape index (κ2) is 4.49. The largest absolute Gasteiger partial charge is 0.419 e. The fraction of sp³-hybridized carbons (Fsp3) is 0.100. The van der Waals surface area contributed by atoms with Crippen LogP contribution in [0.15, 0.2) is 35.5 Å². The molecule has 2 rings (SSSR count). The lowest BCUT2D eigenvalue weighted by molar-refractivity contribution is -0.137. The van der Waals surface area contributed by atoms with E-state index in [9.17, 15) is 21.6 Å². The van der Waals surface area contributed by atoms with Crippen LogP contribution in [0.25, 0.3) is 5.69 Å². The van der Waals surface area contributed by atoms with Gasteiger partial charge in [-0.05, 0) is 18.2 Å². The van der Waals surface area contributed by atoms with Crippen LogP contribution in [0.4, 0.5) is 18.9 Å². The lowest BCUT2D eigenvalue weighted by Crippen LogP contribution is -2.13. The Bertz CT molecular complexity index is 752. The molecule has 20 heavy (non-hydrogen) atoms. The summed E-state index contributed by atoms with van der Waals surface area (Å²) in [6, 6.07) is 3.41. The summed E-state index contributed by atoms with van der Waals surface area (Å²) in [6.45, 7) is 0. The first-order valence-corrected chi connectivity index (χ1v) is 6.68. The Morgan fingerprint density at radius 2 is 1.90 bits per heavy atom. The summed E-state index contributed by atoms with van der Waals surface area (Å²) in [5, 5.41) is 8.46. The Hall–Kier alpha value is -2.07. The van der Waals surface area contributed by atoms with Crippen molar-refractivity contribution in [3.05, 3.63) is 36.2 Å². The van der Waals surface area contributed by atoms with Gasteiger partial charge in [-0.15, -0.1) is 0 Å². The molecule has 0 atom stereocenters. The number of hydrogen-bond acceptors (Lipinski definition) is 4. The Morgan fingerprint density at radius 1 is 1.25 bits per heavy atom. The molecule has 0 aliphatic carbocycles. The van der Waals surface area contributed by atoms with Gasteiger partial charge in [0.25, 0.3) is 0 Å². The van der Waals surface area contributed by atoms with Crippen molar-refractivity contribution in [3.63, 3.8) is 0 Å². The van der Waals surface area contributed by atoms with Crippen molar-refractivity contribution >= 4 is 15.7 Å². The van der Waals surface area contributed by atoms with Gasteiger partial charge in [0, 0.05) is 6.20 Å². The Balaban J connectivity index is 2.47. The molecule has 0 fully saturated rings. The number of aromatic nitrogens is 2. The van der Waals surface area contributed by atoms with Crippen molar-refractivity contribution in [2.75, 3.05) is 5.73 Å². The van der Waals surface area contributed by atoms with Crippen molar-refractivity contribution in [1.29, 1.82) is 0 Å². The summed E-state index contributed by atoms with van der Waals surface area (Å²) < 4.78 is 60.5. The van der Waals surface area contributed by atoms with Crippen molar-refractivity contribution in [1.82, 2.24) is 9.78 Å². The topological polar surface area (TPSA) is 104 Å². The first-order chi connectivity index (χ1) is 9.09. The summed E-state index contributed by atoms with van der Waals surface area (Å²) in [5.74, 6) is 0. The number of nitrogen functional groups attached to an aromatic ring is 1. The number of nitrogens with zero attached hydrogens (tertiary/aromatic N) is 2. The van der Waals surface area contributed by atoms with Gasteiger partial charge in [-0.25, -0.2) is 18.2 Å². The minimum absolute atomic E-state index is 0.0617. The molecule has 4 N–H and O–H groups in total.